The topological polar surface area (TPSA) is 107 Å². The van der Waals surface area contributed by atoms with Crippen molar-refractivity contribution < 1.29 is 24.4 Å². The Balaban J connectivity index is 0.00000361. The predicted molar refractivity (Wildman–Crippen MR) is 72.8 cm³/mol. The minimum atomic E-state index is -0.950. The highest BCUT2D eigenvalue weighted by atomic mass is 35.5. The number of aliphatic carboxylic acids is 1. The van der Waals surface area contributed by atoms with E-state index < -0.39 is 10.9 Å². The number of hydrogen-bond donors (Lipinski definition) is 1. The van der Waals surface area contributed by atoms with Gasteiger partial charge in [-0.25, -0.2) is 0 Å². The summed E-state index contributed by atoms with van der Waals surface area (Å²) < 4.78 is 5.25. The van der Waals surface area contributed by atoms with E-state index in [2.05, 4.69) is 0 Å². The van der Waals surface area contributed by atoms with Crippen LogP contribution in [0.5, 0.6) is 5.75 Å². The lowest BCUT2D eigenvalue weighted by Crippen LogP contribution is -2.05. The molecular formula is C12H14ClNO6. The van der Waals surface area contributed by atoms with Crippen molar-refractivity contribution in [3.8, 4) is 5.75 Å². The standard InChI is InChI=1S/C12H13NO6.ClH/c1-8-5-10(13(17)18)9(7-14)11(6-8)19-4-2-3-12(15)16;/h5-7H,2-4H2,1H3,(H,15,16);1H. The number of benzene rings is 1. The lowest BCUT2D eigenvalue weighted by Gasteiger charge is -2.09. The third-order valence-electron chi connectivity index (χ3n) is 2.37. The van der Waals surface area contributed by atoms with Gasteiger partial charge in [-0.15, -0.1) is 12.4 Å². The summed E-state index contributed by atoms with van der Waals surface area (Å²) in [6.45, 7) is 1.72. The number of aryl methyl sites for hydroxylation is 1. The number of nitrogens with zero attached hydrogens (tertiary/aromatic N) is 1. The zero-order chi connectivity index (χ0) is 14.4. The van der Waals surface area contributed by atoms with Gasteiger partial charge in [0.2, 0.25) is 0 Å². The van der Waals surface area contributed by atoms with Crippen LogP contribution in [0.1, 0.15) is 28.8 Å². The summed E-state index contributed by atoms with van der Waals surface area (Å²) in [6.07, 6.45) is 0.559. The highest BCUT2D eigenvalue weighted by Gasteiger charge is 2.19. The van der Waals surface area contributed by atoms with E-state index in [1.807, 2.05) is 0 Å². The quantitative estimate of drug-likeness (QED) is 0.359. The van der Waals surface area contributed by atoms with Crippen molar-refractivity contribution >= 4 is 30.3 Å². The number of rotatable bonds is 7. The van der Waals surface area contributed by atoms with Crippen molar-refractivity contribution in [1.29, 1.82) is 0 Å². The van der Waals surface area contributed by atoms with Gasteiger partial charge < -0.3 is 9.84 Å². The van der Waals surface area contributed by atoms with Gasteiger partial charge in [-0.2, -0.15) is 0 Å². The summed E-state index contributed by atoms with van der Waals surface area (Å²) in [7, 11) is 0. The van der Waals surface area contributed by atoms with Gasteiger partial charge in [0, 0.05) is 12.5 Å². The molecule has 0 saturated carbocycles. The third-order valence-corrected chi connectivity index (χ3v) is 2.37. The van der Waals surface area contributed by atoms with Gasteiger partial charge in [0.25, 0.3) is 5.69 Å². The number of carbonyl (C=O) groups is 2. The number of carboxylic acids is 1. The van der Waals surface area contributed by atoms with Crippen LogP contribution in [0.3, 0.4) is 0 Å². The van der Waals surface area contributed by atoms with Crippen molar-refractivity contribution in [2.24, 2.45) is 0 Å². The smallest absolute Gasteiger partial charge is 0.303 e. The molecule has 0 unspecified atom stereocenters. The largest absolute Gasteiger partial charge is 0.493 e. The van der Waals surface area contributed by atoms with Crippen molar-refractivity contribution in [3.63, 3.8) is 0 Å². The Bertz CT molecular complexity index is 517. The normalized spacial score (nSPS) is 9.45. The fourth-order valence-electron chi connectivity index (χ4n) is 1.54. The molecule has 0 aliphatic heterocycles. The maximum absolute atomic E-state index is 10.9. The summed E-state index contributed by atoms with van der Waals surface area (Å²) in [4.78, 5) is 31.4. The van der Waals surface area contributed by atoms with Gasteiger partial charge in [0.1, 0.15) is 11.3 Å². The Morgan fingerprint density at radius 2 is 2.15 bits per heavy atom. The Hall–Kier alpha value is -2.15. The monoisotopic (exact) mass is 303 g/mol. The number of carbonyl (C=O) groups excluding carboxylic acids is 1. The number of hydrogen-bond acceptors (Lipinski definition) is 5. The average molecular weight is 304 g/mol. The van der Waals surface area contributed by atoms with E-state index in [0.717, 1.165) is 0 Å². The van der Waals surface area contributed by atoms with Crippen LogP contribution in [0.4, 0.5) is 5.69 Å². The molecule has 1 aromatic carbocycles. The fourth-order valence-corrected chi connectivity index (χ4v) is 1.54. The number of ether oxygens (including phenoxy) is 1. The zero-order valence-electron chi connectivity index (χ0n) is 10.7. The highest BCUT2D eigenvalue weighted by Crippen LogP contribution is 2.28. The number of halogens is 1. The molecule has 0 aliphatic carbocycles. The van der Waals surface area contributed by atoms with Crippen LogP contribution in [0.2, 0.25) is 0 Å². The molecule has 1 N–H and O–H groups in total. The molecule has 20 heavy (non-hydrogen) atoms. The molecule has 0 fully saturated rings. The average Bonchev–Trinajstić information content (AvgIpc) is 2.33. The molecule has 1 aromatic rings. The molecule has 0 saturated heterocycles. The molecule has 0 spiro atoms. The first-order chi connectivity index (χ1) is 8.95. The van der Waals surface area contributed by atoms with Crippen LogP contribution in [0.15, 0.2) is 12.1 Å². The lowest BCUT2D eigenvalue weighted by atomic mass is 10.1. The summed E-state index contributed by atoms with van der Waals surface area (Å²) in [5.74, 6) is -0.846. The van der Waals surface area contributed by atoms with Crippen LogP contribution in [0.25, 0.3) is 0 Å². The molecule has 0 aliphatic rings. The van der Waals surface area contributed by atoms with Gasteiger partial charge in [0.15, 0.2) is 6.29 Å². The molecule has 8 heteroatoms. The molecular weight excluding hydrogens is 290 g/mol. The number of nitro benzene ring substituents is 1. The van der Waals surface area contributed by atoms with Crippen LogP contribution in [-0.2, 0) is 4.79 Å². The number of carboxylic acid groups (broad SMARTS) is 1. The first-order valence-corrected chi connectivity index (χ1v) is 5.54. The van der Waals surface area contributed by atoms with E-state index >= 15 is 0 Å². The second-order valence-corrected chi connectivity index (χ2v) is 3.92. The number of nitro groups is 1. The predicted octanol–water partition coefficient (Wildman–Crippen LogP) is 2.38. The highest BCUT2D eigenvalue weighted by molar-refractivity contribution is 5.86. The maximum atomic E-state index is 10.9. The fraction of sp³-hybridized carbons (Fsp3) is 0.333. The summed E-state index contributed by atoms with van der Waals surface area (Å²) in [5, 5.41) is 19.3. The van der Waals surface area contributed by atoms with E-state index in [4.69, 9.17) is 9.84 Å². The van der Waals surface area contributed by atoms with Gasteiger partial charge in [-0.1, -0.05) is 0 Å². The van der Waals surface area contributed by atoms with Crippen molar-refractivity contribution in [2.45, 2.75) is 19.8 Å². The summed E-state index contributed by atoms with van der Waals surface area (Å²) >= 11 is 0. The number of aldehydes is 1. The first kappa shape index (κ1) is 17.8. The van der Waals surface area contributed by atoms with E-state index in [9.17, 15) is 19.7 Å². The van der Waals surface area contributed by atoms with Crippen LogP contribution >= 0.6 is 12.4 Å². The molecule has 1 rings (SSSR count). The van der Waals surface area contributed by atoms with Crippen LogP contribution in [0, 0.1) is 17.0 Å². The second-order valence-electron chi connectivity index (χ2n) is 3.92. The van der Waals surface area contributed by atoms with Crippen LogP contribution in [-0.4, -0.2) is 28.9 Å². The van der Waals surface area contributed by atoms with E-state index in [1.165, 1.54) is 12.1 Å². The van der Waals surface area contributed by atoms with Crippen LogP contribution < -0.4 is 4.74 Å². The Morgan fingerprint density at radius 3 is 2.65 bits per heavy atom. The third kappa shape index (κ3) is 4.85. The minimum absolute atomic E-state index is 0. The van der Waals surface area contributed by atoms with E-state index in [1.54, 1.807) is 6.92 Å². The van der Waals surface area contributed by atoms with E-state index in [-0.39, 0.29) is 48.9 Å². The molecule has 0 bridgehead atoms. The van der Waals surface area contributed by atoms with Gasteiger partial charge in [-0.3, -0.25) is 19.7 Å². The van der Waals surface area contributed by atoms with Crippen molar-refractivity contribution in [3.05, 3.63) is 33.4 Å². The van der Waals surface area contributed by atoms with Gasteiger partial charge in [0.05, 0.1) is 11.5 Å². The molecule has 0 heterocycles. The minimum Gasteiger partial charge on any atom is -0.493 e. The second kappa shape index (κ2) is 8.11. The van der Waals surface area contributed by atoms with Gasteiger partial charge >= 0.3 is 5.97 Å². The maximum Gasteiger partial charge on any atom is 0.303 e. The molecule has 0 aromatic heterocycles. The van der Waals surface area contributed by atoms with Crippen molar-refractivity contribution in [1.82, 2.24) is 0 Å². The Labute approximate surface area is 121 Å². The van der Waals surface area contributed by atoms with E-state index in [0.29, 0.717) is 11.8 Å². The van der Waals surface area contributed by atoms with Crippen molar-refractivity contribution in [2.75, 3.05) is 6.61 Å². The lowest BCUT2D eigenvalue weighted by molar-refractivity contribution is -0.385. The molecule has 7 nitrogen and oxygen atoms in total. The Kier molecular flexibility index (Phi) is 7.24. The molecule has 110 valence electrons. The molecule has 0 radical (unpaired) electrons. The Morgan fingerprint density at radius 1 is 1.50 bits per heavy atom. The molecule has 0 atom stereocenters. The molecule has 0 amide bonds. The first-order valence-electron chi connectivity index (χ1n) is 5.54. The summed E-state index contributed by atoms with van der Waals surface area (Å²) in [6, 6.07) is 2.80. The SMILES string of the molecule is Cc1cc(OCCCC(=O)O)c(C=O)c([N+](=O)[O-])c1.Cl. The van der Waals surface area contributed by atoms with Gasteiger partial charge in [-0.05, 0) is 25.0 Å². The zero-order valence-corrected chi connectivity index (χ0v) is 11.5. The summed E-state index contributed by atoms with van der Waals surface area (Å²) in [5.41, 5.74) is 0.139.